The van der Waals surface area contributed by atoms with Gasteiger partial charge in [-0.3, -0.25) is 0 Å². The van der Waals surface area contributed by atoms with Crippen LogP contribution in [0.15, 0.2) is 79.1 Å². The third kappa shape index (κ3) is 3.99. The Morgan fingerprint density at radius 1 is 0.714 bits per heavy atom. The molecule has 0 spiro atoms. The number of benzene rings is 2. The van der Waals surface area contributed by atoms with E-state index in [0.717, 1.165) is 71.5 Å². The van der Waals surface area contributed by atoms with Crippen LogP contribution in [0.5, 0.6) is 0 Å². The lowest BCUT2D eigenvalue weighted by molar-refractivity contribution is 0.641. The van der Waals surface area contributed by atoms with E-state index >= 15 is 0 Å². The predicted molar refractivity (Wildman–Crippen MR) is 140 cm³/mol. The van der Waals surface area contributed by atoms with E-state index in [1.54, 1.807) is 6.33 Å². The zero-order valence-electron chi connectivity index (χ0n) is 20.0. The van der Waals surface area contributed by atoms with Crippen LogP contribution in [0, 0.1) is 13.8 Å². The molecule has 5 aromatic rings. The zero-order chi connectivity index (χ0) is 23.8. The molecule has 1 aliphatic heterocycles. The summed E-state index contributed by atoms with van der Waals surface area (Å²) in [5, 5.41) is 5.94. The van der Waals surface area contributed by atoms with Crippen molar-refractivity contribution in [3.63, 3.8) is 0 Å². The van der Waals surface area contributed by atoms with Crippen molar-refractivity contribution in [3.05, 3.63) is 90.4 Å². The fraction of sp³-hybridized carbons (Fsp3) is 0.214. The highest BCUT2D eigenvalue weighted by Crippen LogP contribution is 2.28. The van der Waals surface area contributed by atoms with Gasteiger partial charge in [-0.05, 0) is 37.6 Å². The summed E-state index contributed by atoms with van der Waals surface area (Å²) in [6.45, 7) is 7.71. The topological polar surface area (TPSA) is 63.0 Å². The summed E-state index contributed by atoms with van der Waals surface area (Å²) in [5.41, 5.74) is 6.20. The summed E-state index contributed by atoms with van der Waals surface area (Å²) in [7, 11) is 0. The van der Waals surface area contributed by atoms with E-state index in [2.05, 4.69) is 70.0 Å². The minimum absolute atomic E-state index is 0.876. The third-order valence-electron chi connectivity index (χ3n) is 6.65. The second kappa shape index (κ2) is 8.83. The molecule has 2 aromatic carbocycles. The van der Waals surface area contributed by atoms with E-state index in [-0.39, 0.29) is 0 Å². The summed E-state index contributed by atoms with van der Waals surface area (Å²) in [6.07, 6.45) is 1.66. The van der Waals surface area contributed by atoms with Crippen molar-refractivity contribution in [3.8, 4) is 16.9 Å². The number of anilines is 2. The van der Waals surface area contributed by atoms with Crippen LogP contribution in [0.2, 0.25) is 0 Å². The summed E-state index contributed by atoms with van der Waals surface area (Å²) in [4.78, 5) is 18.8. The number of aryl methyl sites for hydroxylation is 2. The lowest BCUT2D eigenvalue weighted by Gasteiger charge is -2.36. The van der Waals surface area contributed by atoms with E-state index in [4.69, 9.17) is 10.1 Å². The fourth-order valence-corrected chi connectivity index (χ4v) is 4.85. The van der Waals surface area contributed by atoms with Gasteiger partial charge in [-0.15, -0.1) is 0 Å². The number of rotatable bonds is 4. The van der Waals surface area contributed by atoms with E-state index in [0.29, 0.717) is 0 Å². The highest BCUT2D eigenvalue weighted by Gasteiger charge is 2.22. The number of nitrogens with zero attached hydrogens (tertiary/aromatic N) is 7. The molecule has 4 heterocycles. The van der Waals surface area contributed by atoms with Crippen molar-refractivity contribution in [2.45, 2.75) is 13.8 Å². The maximum absolute atomic E-state index is 5.09. The van der Waals surface area contributed by atoms with Crippen molar-refractivity contribution in [1.82, 2.24) is 24.7 Å². The molecule has 0 atom stereocenters. The summed E-state index contributed by atoms with van der Waals surface area (Å²) in [6, 6.07) is 24.7. The Labute approximate surface area is 204 Å². The first-order chi connectivity index (χ1) is 17.2. The third-order valence-corrected chi connectivity index (χ3v) is 6.65. The monoisotopic (exact) mass is 461 g/mol. The Bertz CT molecular complexity index is 1470. The summed E-state index contributed by atoms with van der Waals surface area (Å²) >= 11 is 0. The van der Waals surface area contributed by atoms with Gasteiger partial charge in [0.05, 0.1) is 17.1 Å². The first-order valence-corrected chi connectivity index (χ1v) is 12.0. The Morgan fingerprint density at radius 2 is 1.37 bits per heavy atom. The van der Waals surface area contributed by atoms with Gasteiger partial charge in [0.1, 0.15) is 18.0 Å². The van der Waals surface area contributed by atoms with Crippen molar-refractivity contribution >= 4 is 22.7 Å². The van der Waals surface area contributed by atoms with E-state index in [1.165, 1.54) is 5.56 Å². The van der Waals surface area contributed by atoms with E-state index in [1.807, 2.05) is 41.1 Å². The van der Waals surface area contributed by atoms with Crippen molar-refractivity contribution in [2.75, 3.05) is 36.0 Å². The fourth-order valence-electron chi connectivity index (χ4n) is 4.85. The Morgan fingerprint density at radius 3 is 2.09 bits per heavy atom. The number of para-hydroxylation sites is 1. The molecule has 0 aliphatic carbocycles. The number of aromatic nitrogens is 5. The lowest BCUT2D eigenvalue weighted by atomic mass is 10.1. The average Bonchev–Trinajstić information content (AvgIpc) is 3.26. The van der Waals surface area contributed by atoms with Crippen LogP contribution in [0.25, 0.3) is 28.0 Å². The molecule has 0 unspecified atom stereocenters. The van der Waals surface area contributed by atoms with Gasteiger partial charge >= 0.3 is 0 Å². The predicted octanol–water partition coefficient (Wildman–Crippen LogP) is 4.82. The molecule has 1 saturated heterocycles. The standard InChI is InChI=1S/C28H27N7/c1-20-17-26(31-28-27(20)21(2)32-35(28)23-11-7-4-8-12-23)34-15-13-33(14-16-34)25-18-24(29-19-30-25)22-9-5-3-6-10-22/h3-12,17-19H,13-16H2,1-2H3. The Kier molecular flexibility index (Phi) is 5.37. The van der Waals surface area contributed by atoms with Gasteiger partial charge in [-0.2, -0.15) is 5.10 Å². The summed E-state index contributed by atoms with van der Waals surface area (Å²) in [5.74, 6) is 1.97. The quantitative estimate of drug-likeness (QED) is 0.382. The molecule has 3 aromatic heterocycles. The second-order valence-corrected chi connectivity index (χ2v) is 8.93. The first kappa shape index (κ1) is 21.3. The van der Waals surface area contributed by atoms with Crippen molar-refractivity contribution in [1.29, 1.82) is 0 Å². The van der Waals surface area contributed by atoms with Gasteiger partial charge in [-0.1, -0.05) is 48.5 Å². The molecule has 7 nitrogen and oxygen atoms in total. The highest BCUT2D eigenvalue weighted by molar-refractivity contribution is 5.85. The number of hydrogen-bond acceptors (Lipinski definition) is 6. The number of fused-ring (bicyclic) bond motifs is 1. The largest absolute Gasteiger partial charge is 0.353 e. The van der Waals surface area contributed by atoms with Crippen LogP contribution in [-0.4, -0.2) is 50.9 Å². The molecule has 35 heavy (non-hydrogen) atoms. The molecular weight excluding hydrogens is 434 g/mol. The van der Waals surface area contributed by atoms with Gasteiger partial charge in [0.25, 0.3) is 0 Å². The normalized spacial score (nSPS) is 14.0. The summed E-state index contributed by atoms with van der Waals surface area (Å²) < 4.78 is 1.96. The lowest BCUT2D eigenvalue weighted by Crippen LogP contribution is -2.47. The van der Waals surface area contributed by atoms with Crippen molar-refractivity contribution < 1.29 is 0 Å². The Balaban J connectivity index is 1.25. The van der Waals surface area contributed by atoms with Crippen LogP contribution in [-0.2, 0) is 0 Å². The molecule has 0 amide bonds. The molecule has 1 fully saturated rings. The highest BCUT2D eigenvalue weighted by atomic mass is 15.3. The molecule has 0 saturated carbocycles. The van der Waals surface area contributed by atoms with Crippen LogP contribution >= 0.6 is 0 Å². The molecule has 7 heteroatoms. The first-order valence-electron chi connectivity index (χ1n) is 12.0. The van der Waals surface area contributed by atoms with Crippen LogP contribution in [0.3, 0.4) is 0 Å². The molecule has 6 rings (SSSR count). The van der Waals surface area contributed by atoms with Gasteiger partial charge in [0.15, 0.2) is 5.65 Å². The van der Waals surface area contributed by atoms with Crippen LogP contribution in [0.4, 0.5) is 11.6 Å². The molecule has 0 radical (unpaired) electrons. The smallest absolute Gasteiger partial charge is 0.165 e. The molecular formula is C28H27N7. The molecule has 0 N–H and O–H groups in total. The van der Waals surface area contributed by atoms with Gasteiger partial charge in [0, 0.05) is 43.2 Å². The minimum atomic E-state index is 0.876. The molecule has 1 aliphatic rings. The van der Waals surface area contributed by atoms with E-state index in [9.17, 15) is 0 Å². The maximum atomic E-state index is 5.09. The Hall–Kier alpha value is -4.26. The second-order valence-electron chi connectivity index (χ2n) is 8.93. The van der Waals surface area contributed by atoms with Crippen LogP contribution in [0.1, 0.15) is 11.3 Å². The van der Waals surface area contributed by atoms with Gasteiger partial charge in [0.2, 0.25) is 0 Å². The van der Waals surface area contributed by atoms with Crippen molar-refractivity contribution in [2.24, 2.45) is 0 Å². The van der Waals surface area contributed by atoms with E-state index < -0.39 is 0 Å². The average molecular weight is 462 g/mol. The maximum Gasteiger partial charge on any atom is 0.165 e. The number of hydrogen-bond donors (Lipinski definition) is 0. The zero-order valence-corrected chi connectivity index (χ0v) is 20.0. The molecule has 174 valence electrons. The SMILES string of the molecule is Cc1cc(N2CCN(c3cc(-c4ccccc4)ncn3)CC2)nc2c1c(C)nn2-c1ccccc1. The van der Waals surface area contributed by atoms with Gasteiger partial charge in [-0.25, -0.2) is 19.6 Å². The number of pyridine rings is 1. The van der Waals surface area contributed by atoms with Gasteiger partial charge < -0.3 is 9.80 Å². The van der Waals surface area contributed by atoms with Crippen LogP contribution < -0.4 is 9.80 Å². The molecule has 0 bridgehead atoms. The minimum Gasteiger partial charge on any atom is -0.353 e. The number of piperazine rings is 1.